The van der Waals surface area contributed by atoms with Gasteiger partial charge in [0.1, 0.15) is 18.1 Å². The average molecular weight is 532 g/mol. The molecule has 39 heavy (non-hydrogen) atoms. The highest BCUT2D eigenvalue weighted by atomic mass is 16.6. The van der Waals surface area contributed by atoms with Gasteiger partial charge in [-0.25, -0.2) is 5.43 Å². The summed E-state index contributed by atoms with van der Waals surface area (Å²) in [6.07, 6.45) is 11.5. The van der Waals surface area contributed by atoms with Gasteiger partial charge in [-0.3, -0.25) is 14.9 Å². The van der Waals surface area contributed by atoms with E-state index in [1.807, 2.05) is 6.07 Å². The summed E-state index contributed by atoms with van der Waals surface area (Å²) in [5, 5.41) is 15.3. The number of hydrazone groups is 1. The first-order valence-electron chi connectivity index (χ1n) is 13.6. The molecule has 0 atom stereocenters. The topological polar surface area (TPSA) is 103 Å². The van der Waals surface area contributed by atoms with Crippen LogP contribution in [0.4, 0.5) is 5.69 Å². The van der Waals surface area contributed by atoms with Crippen molar-refractivity contribution in [2.75, 3.05) is 6.61 Å². The van der Waals surface area contributed by atoms with Gasteiger partial charge in [0.2, 0.25) is 0 Å². The maximum absolute atomic E-state index is 12.5. The number of hydrogen-bond acceptors (Lipinski definition) is 6. The number of carbonyl (C=O) groups is 1. The van der Waals surface area contributed by atoms with Gasteiger partial charge < -0.3 is 9.47 Å². The number of rotatable bonds is 17. The maximum atomic E-state index is 12.5. The molecule has 0 radical (unpaired) electrons. The molecule has 0 fully saturated rings. The van der Waals surface area contributed by atoms with Crippen LogP contribution in [0.15, 0.2) is 77.9 Å². The molecule has 0 aromatic heterocycles. The van der Waals surface area contributed by atoms with E-state index in [0.717, 1.165) is 12.2 Å². The van der Waals surface area contributed by atoms with Crippen LogP contribution in [-0.2, 0) is 6.61 Å². The Balaban J connectivity index is 1.43. The Kier molecular flexibility index (Phi) is 12.5. The number of hydrogen-bond donors (Lipinski definition) is 1. The minimum atomic E-state index is -0.433. The first-order chi connectivity index (χ1) is 19.1. The van der Waals surface area contributed by atoms with Gasteiger partial charge in [-0.1, -0.05) is 76.1 Å². The molecule has 8 nitrogen and oxygen atoms in total. The van der Waals surface area contributed by atoms with Crippen LogP contribution in [0, 0.1) is 10.1 Å². The minimum Gasteiger partial charge on any atom is -0.494 e. The van der Waals surface area contributed by atoms with Crippen LogP contribution in [0.2, 0.25) is 0 Å². The Morgan fingerprint density at radius 2 is 1.54 bits per heavy atom. The van der Waals surface area contributed by atoms with Crippen molar-refractivity contribution in [3.05, 3.63) is 99.6 Å². The average Bonchev–Trinajstić information content (AvgIpc) is 2.96. The number of carbonyl (C=O) groups excluding carboxylic acids is 1. The number of unbranched alkanes of at least 4 members (excludes halogenated alkanes) is 7. The van der Waals surface area contributed by atoms with Gasteiger partial charge in [-0.05, 0) is 48.9 Å². The molecular weight excluding hydrogens is 494 g/mol. The zero-order valence-electron chi connectivity index (χ0n) is 22.5. The standard InChI is InChI=1S/C31H37N3O5/c1-2-3-4-5-6-7-8-13-22-38-28-20-18-25(19-21-28)31(35)33-32-23-26-14-10-12-17-30(26)39-24-27-15-9-11-16-29(27)34(36)37/h9-12,14-21,23H,2-8,13,22,24H2,1H3,(H,33,35). The lowest BCUT2D eigenvalue weighted by molar-refractivity contribution is -0.385. The predicted molar refractivity (Wildman–Crippen MR) is 153 cm³/mol. The van der Waals surface area contributed by atoms with Crippen molar-refractivity contribution in [3.8, 4) is 11.5 Å². The smallest absolute Gasteiger partial charge is 0.276 e. The Bertz CT molecular complexity index is 1210. The zero-order valence-corrected chi connectivity index (χ0v) is 22.5. The van der Waals surface area contributed by atoms with Crippen molar-refractivity contribution >= 4 is 17.8 Å². The first-order valence-corrected chi connectivity index (χ1v) is 13.6. The summed E-state index contributed by atoms with van der Waals surface area (Å²) in [4.78, 5) is 23.3. The summed E-state index contributed by atoms with van der Waals surface area (Å²) in [6.45, 7) is 2.93. The van der Waals surface area contributed by atoms with Crippen LogP contribution in [0.3, 0.4) is 0 Å². The maximum Gasteiger partial charge on any atom is 0.276 e. The molecule has 3 aromatic carbocycles. The highest BCUT2D eigenvalue weighted by Gasteiger charge is 2.13. The lowest BCUT2D eigenvalue weighted by Crippen LogP contribution is -2.17. The number of nitrogens with one attached hydrogen (secondary N) is 1. The predicted octanol–water partition coefficient (Wildman–Crippen LogP) is 7.46. The third kappa shape index (κ3) is 10.2. The Morgan fingerprint density at radius 3 is 2.28 bits per heavy atom. The van der Waals surface area contributed by atoms with Gasteiger partial charge in [0.05, 0.1) is 23.3 Å². The fourth-order valence-electron chi connectivity index (χ4n) is 4.04. The van der Waals surface area contributed by atoms with E-state index in [0.29, 0.717) is 29.0 Å². The molecule has 0 spiro atoms. The van der Waals surface area contributed by atoms with Crippen molar-refractivity contribution in [3.63, 3.8) is 0 Å². The lowest BCUT2D eigenvalue weighted by Gasteiger charge is -2.09. The zero-order chi connectivity index (χ0) is 27.7. The molecule has 0 aliphatic carbocycles. The van der Waals surface area contributed by atoms with Crippen molar-refractivity contribution in [1.82, 2.24) is 5.43 Å². The number of nitro benzene ring substituents is 1. The van der Waals surface area contributed by atoms with Crippen LogP contribution in [0.1, 0.15) is 79.8 Å². The summed E-state index contributed by atoms with van der Waals surface area (Å²) < 4.78 is 11.6. The fourth-order valence-corrected chi connectivity index (χ4v) is 4.04. The van der Waals surface area contributed by atoms with E-state index in [2.05, 4.69) is 17.5 Å². The molecule has 1 N–H and O–H groups in total. The van der Waals surface area contributed by atoms with Crippen LogP contribution in [0.5, 0.6) is 11.5 Å². The third-order valence-corrected chi connectivity index (χ3v) is 6.24. The molecule has 0 aliphatic rings. The highest BCUT2D eigenvalue weighted by molar-refractivity contribution is 5.95. The van der Waals surface area contributed by atoms with Gasteiger partial charge in [-0.15, -0.1) is 0 Å². The molecule has 0 saturated heterocycles. The molecule has 0 heterocycles. The molecule has 1 amide bonds. The molecule has 0 saturated carbocycles. The Hall–Kier alpha value is -4.20. The van der Waals surface area contributed by atoms with E-state index in [4.69, 9.17) is 9.47 Å². The van der Waals surface area contributed by atoms with Gasteiger partial charge in [0, 0.05) is 17.2 Å². The summed E-state index contributed by atoms with van der Waals surface area (Å²) >= 11 is 0. The Morgan fingerprint density at radius 1 is 0.872 bits per heavy atom. The lowest BCUT2D eigenvalue weighted by atomic mass is 10.1. The molecule has 8 heteroatoms. The van der Waals surface area contributed by atoms with E-state index < -0.39 is 4.92 Å². The van der Waals surface area contributed by atoms with Gasteiger partial charge >= 0.3 is 0 Å². The first kappa shape index (κ1) is 29.4. The number of amides is 1. The van der Waals surface area contributed by atoms with Gasteiger partial charge in [-0.2, -0.15) is 5.10 Å². The number of benzene rings is 3. The molecular formula is C31H37N3O5. The molecule has 3 rings (SSSR count). The van der Waals surface area contributed by atoms with Crippen molar-refractivity contribution in [2.45, 2.75) is 64.9 Å². The fraction of sp³-hybridized carbons (Fsp3) is 0.355. The quantitative estimate of drug-likeness (QED) is 0.0843. The summed E-state index contributed by atoms with van der Waals surface area (Å²) in [6, 6.07) is 20.6. The second-order valence-electron chi connectivity index (χ2n) is 9.26. The van der Waals surface area contributed by atoms with Crippen molar-refractivity contribution < 1.29 is 19.2 Å². The van der Waals surface area contributed by atoms with E-state index in [1.165, 1.54) is 57.2 Å². The Labute approximate surface area is 230 Å². The van der Waals surface area contributed by atoms with Crippen LogP contribution >= 0.6 is 0 Å². The molecule has 206 valence electrons. The van der Waals surface area contributed by atoms with Crippen molar-refractivity contribution in [2.24, 2.45) is 5.10 Å². The number of ether oxygens (including phenoxy) is 2. The van der Waals surface area contributed by atoms with E-state index in [9.17, 15) is 14.9 Å². The normalized spacial score (nSPS) is 10.9. The summed E-state index contributed by atoms with van der Waals surface area (Å²) in [5.41, 5.74) is 4.08. The van der Waals surface area contributed by atoms with Gasteiger partial charge in [0.25, 0.3) is 11.6 Å². The summed E-state index contributed by atoms with van der Waals surface area (Å²) in [7, 11) is 0. The van der Waals surface area contributed by atoms with Gasteiger partial charge in [0.15, 0.2) is 0 Å². The number of nitro groups is 1. The SMILES string of the molecule is CCCCCCCCCCOc1ccc(C(=O)NN=Cc2ccccc2OCc2ccccc2[N+](=O)[O-])cc1. The highest BCUT2D eigenvalue weighted by Crippen LogP contribution is 2.22. The molecule has 0 unspecified atom stereocenters. The molecule has 0 bridgehead atoms. The molecule has 0 aliphatic heterocycles. The number of nitrogens with zero attached hydrogens (tertiary/aromatic N) is 2. The second kappa shape index (κ2) is 16.6. The second-order valence-corrected chi connectivity index (χ2v) is 9.26. The van der Waals surface area contributed by atoms with E-state index >= 15 is 0 Å². The third-order valence-electron chi connectivity index (χ3n) is 6.24. The van der Waals surface area contributed by atoms with E-state index in [1.54, 1.807) is 60.7 Å². The van der Waals surface area contributed by atoms with Crippen LogP contribution < -0.4 is 14.9 Å². The largest absolute Gasteiger partial charge is 0.494 e. The van der Waals surface area contributed by atoms with Crippen molar-refractivity contribution in [1.29, 1.82) is 0 Å². The van der Waals surface area contributed by atoms with Crippen LogP contribution in [-0.4, -0.2) is 23.7 Å². The minimum absolute atomic E-state index is 0.000460. The molecule has 3 aromatic rings. The van der Waals surface area contributed by atoms with Crippen LogP contribution in [0.25, 0.3) is 0 Å². The number of para-hydroxylation sites is 2. The monoisotopic (exact) mass is 531 g/mol. The summed E-state index contributed by atoms with van der Waals surface area (Å²) in [5.74, 6) is 0.883. The van der Waals surface area contributed by atoms with E-state index in [-0.39, 0.29) is 18.2 Å².